The van der Waals surface area contributed by atoms with Crippen LogP contribution in [0.1, 0.15) is 11.8 Å². The van der Waals surface area contributed by atoms with Gasteiger partial charge in [0.1, 0.15) is 11.3 Å². The van der Waals surface area contributed by atoms with E-state index in [2.05, 4.69) is 5.32 Å². The summed E-state index contributed by atoms with van der Waals surface area (Å²) in [6.07, 6.45) is 0.940. The number of imide groups is 1. The second-order valence-electron chi connectivity index (χ2n) is 6.62. The van der Waals surface area contributed by atoms with Crippen LogP contribution in [0.15, 0.2) is 34.7 Å². The van der Waals surface area contributed by atoms with Crippen molar-refractivity contribution < 1.29 is 22.4 Å². The highest BCUT2D eigenvalue weighted by Gasteiger charge is 2.38. The van der Waals surface area contributed by atoms with Gasteiger partial charge in [0.05, 0.1) is 25.4 Å². The number of nitrogens with one attached hydrogen (secondary N) is 1. The second-order valence-corrected chi connectivity index (χ2v) is 8.53. The van der Waals surface area contributed by atoms with E-state index in [1.807, 2.05) is 49.3 Å². The Kier molecular flexibility index (Phi) is 5.11. The molecule has 0 radical (unpaired) electrons. The van der Waals surface area contributed by atoms with Crippen molar-refractivity contribution in [2.45, 2.75) is 6.04 Å². The molecular formula is C17H22N4O5S. The lowest BCUT2D eigenvalue weighted by Gasteiger charge is -2.24. The Balaban J connectivity index is 1.69. The molecule has 1 aromatic heterocycles. The maximum Gasteiger partial charge on any atom is 0.341 e. The number of sulfonamides is 1. The Bertz CT molecular complexity index is 936. The number of fused-ring (bicyclic) bond motifs is 1. The molecule has 2 aromatic rings. The Morgan fingerprint density at radius 3 is 2.59 bits per heavy atom. The first-order valence-corrected chi connectivity index (χ1v) is 10.3. The molecule has 0 saturated carbocycles. The molecule has 10 heteroatoms. The molecule has 1 aliphatic heterocycles. The van der Waals surface area contributed by atoms with Crippen LogP contribution in [0.3, 0.4) is 0 Å². The molecule has 1 atom stereocenters. The number of para-hydroxylation sites is 1. The van der Waals surface area contributed by atoms with Crippen molar-refractivity contribution >= 4 is 33.1 Å². The first-order chi connectivity index (χ1) is 12.7. The average Bonchev–Trinajstić information content (AvgIpc) is 3.17. The topological polar surface area (TPSA) is 103 Å². The van der Waals surface area contributed by atoms with Crippen molar-refractivity contribution in [3.05, 3.63) is 36.1 Å². The lowest BCUT2D eigenvalue weighted by molar-refractivity contribution is 0.189. The Morgan fingerprint density at radius 1 is 1.30 bits per heavy atom. The highest BCUT2D eigenvalue weighted by molar-refractivity contribution is 7.88. The maximum absolute atomic E-state index is 12.4. The second kappa shape index (κ2) is 7.20. The molecule has 146 valence electrons. The van der Waals surface area contributed by atoms with Gasteiger partial charge in [-0.25, -0.2) is 27.2 Å². The van der Waals surface area contributed by atoms with E-state index in [0.29, 0.717) is 10.1 Å². The summed E-state index contributed by atoms with van der Waals surface area (Å²) in [6, 6.07) is 7.82. The minimum atomic E-state index is -3.68. The van der Waals surface area contributed by atoms with Gasteiger partial charge >= 0.3 is 12.1 Å². The van der Waals surface area contributed by atoms with Crippen molar-refractivity contribution in [3.8, 4) is 0 Å². The molecular weight excluding hydrogens is 372 g/mol. The SMILES string of the molecule is CN(C)C(CNC(=O)N1CCN(S(C)(=O)=O)C1=O)c1cc2ccccc2o1. The van der Waals surface area contributed by atoms with E-state index in [1.165, 1.54) is 0 Å². The molecule has 4 amide bonds. The average molecular weight is 394 g/mol. The molecule has 9 nitrogen and oxygen atoms in total. The molecule has 1 fully saturated rings. The Labute approximate surface area is 157 Å². The van der Waals surface area contributed by atoms with E-state index >= 15 is 0 Å². The monoisotopic (exact) mass is 394 g/mol. The van der Waals surface area contributed by atoms with Crippen molar-refractivity contribution in [2.24, 2.45) is 0 Å². The van der Waals surface area contributed by atoms with Gasteiger partial charge in [-0.3, -0.25) is 4.90 Å². The Morgan fingerprint density at radius 2 is 2.00 bits per heavy atom. The van der Waals surface area contributed by atoms with E-state index in [1.54, 1.807) is 0 Å². The summed E-state index contributed by atoms with van der Waals surface area (Å²) in [5.74, 6) is 0.687. The van der Waals surface area contributed by atoms with Crippen LogP contribution < -0.4 is 5.32 Å². The predicted molar refractivity (Wildman–Crippen MR) is 99.7 cm³/mol. The predicted octanol–water partition coefficient (Wildman–Crippen LogP) is 1.44. The number of furan rings is 1. The summed E-state index contributed by atoms with van der Waals surface area (Å²) >= 11 is 0. The van der Waals surface area contributed by atoms with Crippen LogP contribution in [0.5, 0.6) is 0 Å². The largest absolute Gasteiger partial charge is 0.459 e. The van der Waals surface area contributed by atoms with Crippen LogP contribution in [0.4, 0.5) is 9.59 Å². The van der Waals surface area contributed by atoms with Gasteiger partial charge in [-0.1, -0.05) is 18.2 Å². The lowest BCUT2D eigenvalue weighted by atomic mass is 10.2. The summed E-state index contributed by atoms with van der Waals surface area (Å²) in [4.78, 5) is 27.3. The van der Waals surface area contributed by atoms with Crippen LogP contribution in [-0.2, 0) is 10.0 Å². The van der Waals surface area contributed by atoms with Gasteiger partial charge in [0.2, 0.25) is 10.0 Å². The van der Waals surface area contributed by atoms with E-state index in [4.69, 9.17) is 4.42 Å². The molecule has 3 rings (SSSR count). The van der Waals surface area contributed by atoms with E-state index in [0.717, 1.165) is 22.1 Å². The zero-order chi connectivity index (χ0) is 19.8. The molecule has 27 heavy (non-hydrogen) atoms. The molecule has 2 heterocycles. The number of nitrogens with zero attached hydrogens (tertiary/aromatic N) is 3. The fourth-order valence-electron chi connectivity index (χ4n) is 3.00. The molecule has 0 bridgehead atoms. The zero-order valence-corrected chi connectivity index (χ0v) is 16.2. The summed E-state index contributed by atoms with van der Waals surface area (Å²) < 4.78 is 29.7. The zero-order valence-electron chi connectivity index (χ0n) is 15.4. The number of likely N-dealkylation sites (N-methyl/N-ethyl adjacent to an activating group) is 1. The van der Waals surface area contributed by atoms with E-state index in [9.17, 15) is 18.0 Å². The Hall–Kier alpha value is -2.59. The molecule has 1 saturated heterocycles. The third-order valence-corrected chi connectivity index (χ3v) is 5.60. The highest BCUT2D eigenvalue weighted by Crippen LogP contribution is 2.26. The smallest absolute Gasteiger partial charge is 0.341 e. The van der Waals surface area contributed by atoms with Crippen LogP contribution in [0.25, 0.3) is 11.0 Å². The van der Waals surface area contributed by atoms with Crippen molar-refractivity contribution in [1.29, 1.82) is 0 Å². The van der Waals surface area contributed by atoms with Gasteiger partial charge in [-0.2, -0.15) is 0 Å². The first kappa shape index (κ1) is 19.2. The number of hydrogen-bond acceptors (Lipinski definition) is 6. The van der Waals surface area contributed by atoms with Crippen LogP contribution in [0, 0.1) is 0 Å². The summed E-state index contributed by atoms with van der Waals surface area (Å²) in [5.41, 5.74) is 0.754. The quantitative estimate of drug-likeness (QED) is 0.823. The normalized spacial score (nSPS) is 16.4. The molecule has 1 aliphatic rings. The van der Waals surface area contributed by atoms with Crippen LogP contribution in [-0.4, -0.2) is 74.6 Å². The van der Waals surface area contributed by atoms with Crippen molar-refractivity contribution in [3.63, 3.8) is 0 Å². The third-order valence-electron chi connectivity index (χ3n) is 4.46. The summed E-state index contributed by atoms with van der Waals surface area (Å²) in [7, 11) is 0.0333. The number of amides is 4. The van der Waals surface area contributed by atoms with Gasteiger partial charge in [0.25, 0.3) is 0 Å². The van der Waals surface area contributed by atoms with E-state index in [-0.39, 0.29) is 25.7 Å². The van der Waals surface area contributed by atoms with Gasteiger partial charge in [-0.15, -0.1) is 0 Å². The van der Waals surface area contributed by atoms with Gasteiger partial charge in [0.15, 0.2) is 0 Å². The number of rotatable bonds is 5. The highest BCUT2D eigenvalue weighted by atomic mass is 32.2. The number of hydrogen-bond donors (Lipinski definition) is 1. The first-order valence-electron chi connectivity index (χ1n) is 8.40. The fraction of sp³-hybridized carbons (Fsp3) is 0.412. The third kappa shape index (κ3) is 3.91. The fourth-order valence-corrected chi connectivity index (χ4v) is 3.79. The lowest BCUT2D eigenvalue weighted by Crippen LogP contribution is -2.45. The molecule has 1 unspecified atom stereocenters. The maximum atomic E-state index is 12.4. The summed E-state index contributed by atoms with van der Waals surface area (Å²) in [6.45, 7) is 0.190. The van der Waals surface area contributed by atoms with Crippen LogP contribution in [0.2, 0.25) is 0 Å². The summed E-state index contributed by atoms with van der Waals surface area (Å²) in [5, 5.41) is 3.66. The number of carbonyl (C=O) groups excluding carboxylic acids is 2. The van der Waals surface area contributed by atoms with Gasteiger partial charge in [-0.05, 0) is 26.2 Å². The molecule has 1 aromatic carbocycles. The van der Waals surface area contributed by atoms with Crippen LogP contribution >= 0.6 is 0 Å². The molecule has 0 spiro atoms. The van der Waals surface area contributed by atoms with Gasteiger partial charge < -0.3 is 9.73 Å². The van der Waals surface area contributed by atoms with Gasteiger partial charge in [0, 0.05) is 11.9 Å². The molecule has 0 aliphatic carbocycles. The minimum absolute atomic E-state index is 0.0228. The standard InChI is InChI=1S/C17H22N4O5S/c1-19(2)13(15-10-12-6-4-5-7-14(12)26-15)11-18-16(22)20-8-9-21(17(20)23)27(3,24)25/h4-7,10,13H,8-9,11H2,1-3H3,(H,18,22). The molecule has 1 N–H and O–H groups in total. The number of urea groups is 2. The minimum Gasteiger partial charge on any atom is -0.459 e. The number of carbonyl (C=O) groups is 2. The van der Waals surface area contributed by atoms with Crippen molar-refractivity contribution in [1.82, 2.24) is 19.4 Å². The number of benzene rings is 1. The van der Waals surface area contributed by atoms with Crippen molar-refractivity contribution in [2.75, 3.05) is 40.0 Å². The van der Waals surface area contributed by atoms with E-state index < -0.39 is 22.1 Å².